The fourth-order valence-electron chi connectivity index (χ4n) is 2.69. The minimum absolute atomic E-state index is 0.0966. The van der Waals surface area contributed by atoms with Crippen molar-refractivity contribution in [3.63, 3.8) is 0 Å². The number of anilines is 1. The van der Waals surface area contributed by atoms with Crippen molar-refractivity contribution in [3.05, 3.63) is 54.3 Å². The molecule has 1 atom stereocenters. The first kappa shape index (κ1) is 20.2. The summed E-state index contributed by atoms with van der Waals surface area (Å²) in [7, 11) is -3.66. The van der Waals surface area contributed by atoms with E-state index in [0.29, 0.717) is 37.7 Å². The van der Waals surface area contributed by atoms with Crippen LogP contribution >= 0.6 is 0 Å². The molecule has 0 aromatic heterocycles. The van der Waals surface area contributed by atoms with E-state index in [1.54, 1.807) is 19.1 Å². The molecular formula is C19H21FN2O5S. The molecule has 1 amide bonds. The summed E-state index contributed by atoms with van der Waals surface area (Å²) in [6.45, 7) is 2.84. The molecule has 2 aromatic rings. The third kappa shape index (κ3) is 4.86. The lowest BCUT2D eigenvalue weighted by molar-refractivity contribution is -0.122. The zero-order chi connectivity index (χ0) is 20.1. The van der Waals surface area contributed by atoms with Gasteiger partial charge in [0, 0.05) is 18.8 Å². The first-order valence-electron chi connectivity index (χ1n) is 8.77. The maximum atomic E-state index is 12.9. The van der Waals surface area contributed by atoms with Crippen LogP contribution in [0.25, 0.3) is 0 Å². The van der Waals surface area contributed by atoms with Crippen LogP contribution in [0.15, 0.2) is 53.4 Å². The van der Waals surface area contributed by atoms with Crippen molar-refractivity contribution in [1.82, 2.24) is 4.31 Å². The van der Waals surface area contributed by atoms with Crippen LogP contribution in [-0.4, -0.2) is 51.0 Å². The van der Waals surface area contributed by atoms with E-state index in [0.717, 1.165) is 0 Å². The molecule has 1 saturated heterocycles. The summed E-state index contributed by atoms with van der Waals surface area (Å²) >= 11 is 0. The molecule has 150 valence electrons. The average Bonchev–Trinajstić information content (AvgIpc) is 2.70. The normalized spacial score (nSPS) is 16.4. The van der Waals surface area contributed by atoms with Crippen molar-refractivity contribution in [3.8, 4) is 5.75 Å². The van der Waals surface area contributed by atoms with Gasteiger partial charge in [0.1, 0.15) is 11.6 Å². The Bertz CT molecular complexity index is 928. The van der Waals surface area contributed by atoms with E-state index >= 15 is 0 Å². The Morgan fingerprint density at radius 1 is 1.18 bits per heavy atom. The lowest BCUT2D eigenvalue weighted by Crippen LogP contribution is -2.40. The van der Waals surface area contributed by atoms with Crippen molar-refractivity contribution in [2.24, 2.45) is 0 Å². The number of ether oxygens (including phenoxy) is 2. The zero-order valence-corrected chi connectivity index (χ0v) is 16.1. The van der Waals surface area contributed by atoms with Gasteiger partial charge in [0.05, 0.1) is 18.1 Å². The fraction of sp³-hybridized carbons (Fsp3) is 0.316. The number of carbonyl (C=O) groups excluding carboxylic acids is 1. The Morgan fingerprint density at radius 3 is 2.54 bits per heavy atom. The number of nitrogens with zero attached hydrogens (tertiary/aromatic N) is 1. The third-order valence-corrected chi connectivity index (χ3v) is 6.10. The summed E-state index contributed by atoms with van der Waals surface area (Å²) in [4.78, 5) is 12.5. The van der Waals surface area contributed by atoms with Gasteiger partial charge in [0.25, 0.3) is 5.91 Å². The number of benzene rings is 2. The zero-order valence-electron chi connectivity index (χ0n) is 15.3. The largest absolute Gasteiger partial charge is 0.481 e. The van der Waals surface area contributed by atoms with Gasteiger partial charge in [-0.2, -0.15) is 4.31 Å². The van der Waals surface area contributed by atoms with E-state index in [4.69, 9.17) is 9.47 Å². The molecule has 0 bridgehead atoms. The van der Waals surface area contributed by atoms with E-state index in [-0.39, 0.29) is 4.90 Å². The number of carbonyl (C=O) groups is 1. The Hall–Kier alpha value is -2.49. The van der Waals surface area contributed by atoms with Crippen LogP contribution in [0.3, 0.4) is 0 Å². The van der Waals surface area contributed by atoms with Gasteiger partial charge in [0.2, 0.25) is 10.0 Å². The summed E-state index contributed by atoms with van der Waals surface area (Å²) in [5, 5.41) is 2.64. The highest BCUT2D eigenvalue weighted by Gasteiger charge is 2.26. The first-order chi connectivity index (χ1) is 13.4. The van der Waals surface area contributed by atoms with Crippen LogP contribution < -0.4 is 10.1 Å². The summed E-state index contributed by atoms with van der Waals surface area (Å²) in [6, 6.07) is 11.4. The molecule has 1 aliphatic rings. The van der Waals surface area contributed by atoms with Crippen molar-refractivity contribution >= 4 is 21.6 Å². The van der Waals surface area contributed by atoms with Crippen LogP contribution in [0.5, 0.6) is 5.75 Å². The number of hydrogen-bond donors (Lipinski definition) is 1. The highest BCUT2D eigenvalue weighted by atomic mass is 32.2. The molecule has 1 heterocycles. The molecule has 0 saturated carbocycles. The molecule has 0 spiro atoms. The number of hydrogen-bond acceptors (Lipinski definition) is 5. The fourth-order valence-corrected chi connectivity index (χ4v) is 4.14. The Morgan fingerprint density at radius 2 is 1.86 bits per heavy atom. The highest BCUT2D eigenvalue weighted by Crippen LogP contribution is 2.21. The molecule has 1 fully saturated rings. The van der Waals surface area contributed by atoms with Crippen molar-refractivity contribution in [2.75, 3.05) is 31.6 Å². The van der Waals surface area contributed by atoms with E-state index in [9.17, 15) is 17.6 Å². The second kappa shape index (κ2) is 8.68. The minimum atomic E-state index is -3.66. The predicted molar refractivity (Wildman–Crippen MR) is 101 cm³/mol. The SMILES string of the molecule is C[C@H](Oc1ccc(F)cc1)C(=O)Nc1cccc(S(=O)(=O)N2CCOCC2)c1. The van der Waals surface area contributed by atoms with Crippen molar-refractivity contribution < 1.29 is 27.1 Å². The average molecular weight is 408 g/mol. The maximum Gasteiger partial charge on any atom is 0.265 e. The van der Waals surface area contributed by atoms with Crippen LogP contribution in [0.1, 0.15) is 6.92 Å². The Kier molecular flexibility index (Phi) is 6.28. The predicted octanol–water partition coefficient (Wildman–Crippen LogP) is 2.25. The van der Waals surface area contributed by atoms with Gasteiger partial charge < -0.3 is 14.8 Å². The second-order valence-corrected chi connectivity index (χ2v) is 8.19. The number of halogens is 1. The van der Waals surface area contributed by atoms with Gasteiger partial charge in [0.15, 0.2) is 6.10 Å². The number of amides is 1. The molecule has 2 aromatic carbocycles. The van der Waals surface area contributed by atoms with Gasteiger partial charge in [-0.25, -0.2) is 12.8 Å². The number of morpholine rings is 1. The number of sulfonamides is 1. The minimum Gasteiger partial charge on any atom is -0.481 e. The Balaban J connectivity index is 1.68. The smallest absolute Gasteiger partial charge is 0.265 e. The molecule has 3 rings (SSSR count). The number of rotatable bonds is 6. The summed E-state index contributed by atoms with van der Waals surface area (Å²) in [5.74, 6) is -0.499. The van der Waals surface area contributed by atoms with Crippen LogP contribution in [0, 0.1) is 5.82 Å². The molecule has 0 radical (unpaired) electrons. The maximum absolute atomic E-state index is 12.9. The summed E-state index contributed by atoms with van der Waals surface area (Å²) < 4.78 is 50.4. The Labute approximate surface area is 163 Å². The lowest BCUT2D eigenvalue weighted by atomic mass is 10.3. The third-order valence-electron chi connectivity index (χ3n) is 4.21. The first-order valence-corrected chi connectivity index (χ1v) is 10.2. The van der Waals surface area contributed by atoms with Crippen LogP contribution in [0.4, 0.5) is 10.1 Å². The quantitative estimate of drug-likeness (QED) is 0.793. The number of nitrogens with one attached hydrogen (secondary N) is 1. The van der Waals surface area contributed by atoms with Gasteiger partial charge >= 0.3 is 0 Å². The van der Waals surface area contributed by atoms with E-state index in [2.05, 4.69) is 5.32 Å². The van der Waals surface area contributed by atoms with Gasteiger partial charge in [-0.1, -0.05) is 6.07 Å². The van der Waals surface area contributed by atoms with E-state index in [1.165, 1.54) is 40.7 Å². The second-order valence-electron chi connectivity index (χ2n) is 6.25. The van der Waals surface area contributed by atoms with Crippen LogP contribution in [-0.2, 0) is 19.6 Å². The van der Waals surface area contributed by atoms with Crippen molar-refractivity contribution in [1.29, 1.82) is 0 Å². The van der Waals surface area contributed by atoms with Crippen LogP contribution in [0.2, 0.25) is 0 Å². The molecule has 0 aliphatic carbocycles. The molecule has 9 heteroatoms. The van der Waals surface area contributed by atoms with Crippen molar-refractivity contribution in [2.45, 2.75) is 17.9 Å². The molecular weight excluding hydrogens is 387 g/mol. The highest BCUT2D eigenvalue weighted by molar-refractivity contribution is 7.89. The van der Waals surface area contributed by atoms with E-state index in [1.807, 2.05) is 0 Å². The molecule has 7 nitrogen and oxygen atoms in total. The van der Waals surface area contributed by atoms with E-state index < -0.39 is 27.9 Å². The summed E-state index contributed by atoms with van der Waals surface area (Å²) in [6.07, 6.45) is -0.857. The standard InChI is InChI=1S/C19H21FN2O5S/c1-14(27-17-7-5-15(20)6-8-17)19(23)21-16-3-2-4-18(13-16)28(24,25)22-9-11-26-12-10-22/h2-8,13-14H,9-12H2,1H3,(H,21,23)/t14-/m0/s1. The summed E-state index contributed by atoms with van der Waals surface area (Å²) in [5.41, 5.74) is 0.342. The molecule has 0 unspecified atom stereocenters. The van der Waals surface area contributed by atoms with Gasteiger partial charge in [-0.3, -0.25) is 4.79 Å². The van der Waals surface area contributed by atoms with Gasteiger partial charge in [-0.05, 0) is 49.4 Å². The molecule has 28 heavy (non-hydrogen) atoms. The van der Waals surface area contributed by atoms with Gasteiger partial charge in [-0.15, -0.1) is 0 Å². The molecule has 1 N–H and O–H groups in total. The lowest BCUT2D eigenvalue weighted by Gasteiger charge is -2.26. The molecule has 1 aliphatic heterocycles. The topological polar surface area (TPSA) is 84.9 Å². The monoisotopic (exact) mass is 408 g/mol.